The summed E-state index contributed by atoms with van der Waals surface area (Å²) in [6.45, 7) is 4.98. The number of hydrogen-bond acceptors (Lipinski definition) is 6. The van der Waals surface area contributed by atoms with Gasteiger partial charge >= 0.3 is 5.63 Å². The predicted molar refractivity (Wildman–Crippen MR) is 102 cm³/mol. The lowest BCUT2D eigenvalue weighted by atomic mass is 10.1. The van der Waals surface area contributed by atoms with Crippen LogP contribution >= 0.6 is 0 Å². The Morgan fingerprint density at radius 1 is 1.27 bits per heavy atom. The highest BCUT2D eigenvalue weighted by Gasteiger charge is 2.17. The van der Waals surface area contributed by atoms with Crippen LogP contribution in [0.1, 0.15) is 6.92 Å². The van der Waals surface area contributed by atoms with E-state index in [1.54, 1.807) is 25.3 Å². The second-order valence-corrected chi connectivity index (χ2v) is 6.54. The second-order valence-electron chi connectivity index (χ2n) is 6.54. The molecule has 0 radical (unpaired) electrons. The molecule has 0 spiro atoms. The molecule has 134 valence electrons. The molecule has 6 nitrogen and oxygen atoms in total. The van der Waals surface area contributed by atoms with Crippen molar-refractivity contribution in [1.82, 2.24) is 10.3 Å². The average molecular weight is 351 g/mol. The van der Waals surface area contributed by atoms with Crippen LogP contribution < -0.4 is 20.6 Å². The van der Waals surface area contributed by atoms with Crippen molar-refractivity contribution in [2.45, 2.75) is 13.0 Å². The Morgan fingerprint density at radius 3 is 2.96 bits per heavy atom. The monoisotopic (exact) mass is 351 g/mol. The highest BCUT2D eigenvalue weighted by atomic mass is 16.5. The number of methoxy groups -OCH3 is 1. The molecular weight excluding hydrogens is 330 g/mol. The fourth-order valence-electron chi connectivity index (χ4n) is 3.32. The molecule has 2 aromatic heterocycles. The lowest BCUT2D eigenvalue weighted by Gasteiger charge is -2.33. The van der Waals surface area contributed by atoms with Gasteiger partial charge in [0.1, 0.15) is 5.58 Å². The number of ether oxygens (including phenoxy) is 1. The standard InChI is InChI=1S/C20H21N3O3/c1-13-12-23(9-8-21-13)15-7-6-14-10-16(20(24)26-18(14)11-15)17-4-3-5-19(22-17)25-2/h3-7,10-11,13,21H,8-9,12H2,1-2H3/t13-/m1/s1. The normalized spacial score (nSPS) is 17.5. The molecule has 0 amide bonds. The summed E-state index contributed by atoms with van der Waals surface area (Å²) >= 11 is 0. The Bertz CT molecular complexity index is 999. The molecule has 1 atom stereocenters. The first-order valence-corrected chi connectivity index (χ1v) is 8.72. The van der Waals surface area contributed by atoms with Crippen LogP contribution in [0.4, 0.5) is 5.69 Å². The van der Waals surface area contributed by atoms with Crippen molar-refractivity contribution in [3.63, 3.8) is 0 Å². The first kappa shape index (κ1) is 16.6. The van der Waals surface area contributed by atoms with Gasteiger partial charge in [0.05, 0.1) is 18.4 Å². The number of piperazine rings is 1. The quantitative estimate of drug-likeness (QED) is 0.732. The summed E-state index contributed by atoms with van der Waals surface area (Å²) in [5.74, 6) is 0.463. The SMILES string of the molecule is COc1cccc(-c2cc3ccc(N4CCN[C@H](C)C4)cc3oc2=O)n1. The van der Waals surface area contributed by atoms with Gasteiger partial charge in [-0.2, -0.15) is 0 Å². The molecule has 1 aromatic carbocycles. The van der Waals surface area contributed by atoms with Gasteiger partial charge in [0.15, 0.2) is 0 Å². The maximum absolute atomic E-state index is 12.5. The molecule has 0 bridgehead atoms. The van der Waals surface area contributed by atoms with Gasteiger partial charge in [0, 0.05) is 48.9 Å². The van der Waals surface area contributed by atoms with Gasteiger partial charge in [0.2, 0.25) is 5.88 Å². The van der Waals surface area contributed by atoms with Crippen LogP contribution in [0.25, 0.3) is 22.2 Å². The Morgan fingerprint density at radius 2 is 2.15 bits per heavy atom. The van der Waals surface area contributed by atoms with Gasteiger partial charge in [-0.1, -0.05) is 6.07 Å². The van der Waals surface area contributed by atoms with E-state index in [1.165, 1.54) is 0 Å². The van der Waals surface area contributed by atoms with Crippen LogP contribution in [0.15, 0.2) is 51.7 Å². The molecular formula is C20H21N3O3. The van der Waals surface area contributed by atoms with Gasteiger partial charge < -0.3 is 19.4 Å². The number of nitrogens with zero attached hydrogens (tertiary/aromatic N) is 2. The summed E-state index contributed by atoms with van der Waals surface area (Å²) < 4.78 is 10.7. The molecule has 1 fully saturated rings. The molecule has 4 rings (SSSR count). The first-order chi connectivity index (χ1) is 12.6. The van der Waals surface area contributed by atoms with E-state index < -0.39 is 5.63 Å². The minimum Gasteiger partial charge on any atom is -0.481 e. The van der Waals surface area contributed by atoms with Gasteiger partial charge in [-0.25, -0.2) is 9.78 Å². The van der Waals surface area contributed by atoms with Crippen molar-refractivity contribution in [3.05, 3.63) is 52.9 Å². The van der Waals surface area contributed by atoms with Crippen molar-refractivity contribution in [2.24, 2.45) is 0 Å². The van der Waals surface area contributed by atoms with Crippen molar-refractivity contribution >= 4 is 16.7 Å². The Labute approximate surface area is 151 Å². The molecule has 0 unspecified atom stereocenters. The third-order valence-electron chi connectivity index (χ3n) is 4.66. The third kappa shape index (κ3) is 3.15. The minimum atomic E-state index is -0.399. The molecule has 1 aliphatic heterocycles. The summed E-state index contributed by atoms with van der Waals surface area (Å²) in [5.41, 5.74) is 2.23. The third-order valence-corrected chi connectivity index (χ3v) is 4.66. The maximum atomic E-state index is 12.5. The van der Waals surface area contributed by atoms with Crippen LogP contribution in [0.5, 0.6) is 5.88 Å². The van der Waals surface area contributed by atoms with Crippen LogP contribution in [0.2, 0.25) is 0 Å². The van der Waals surface area contributed by atoms with Crippen molar-refractivity contribution in [3.8, 4) is 17.1 Å². The lowest BCUT2D eigenvalue weighted by molar-refractivity contribution is 0.398. The Hall–Kier alpha value is -2.86. The highest BCUT2D eigenvalue weighted by molar-refractivity contribution is 5.84. The number of rotatable bonds is 3. The number of pyridine rings is 1. The van der Waals surface area contributed by atoms with Gasteiger partial charge in [-0.15, -0.1) is 0 Å². The number of anilines is 1. The molecule has 3 heterocycles. The van der Waals surface area contributed by atoms with Gasteiger partial charge in [-0.3, -0.25) is 0 Å². The Balaban J connectivity index is 1.74. The van der Waals surface area contributed by atoms with E-state index in [4.69, 9.17) is 9.15 Å². The van der Waals surface area contributed by atoms with Crippen molar-refractivity contribution in [2.75, 3.05) is 31.6 Å². The van der Waals surface area contributed by atoms with Crippen LogP contribution in [-0.4, -0.2) is 37.8 Å². The van der Waals surface area contributed by atoms with E-state index in [9.17, 15) is 4.79 Å². The van der Waals surface area contributed by atoms with E-state index in [0.29, 0.717) is 28.8 Å². The fraction of sp³-hybridized carbons (Fsp3) is 0.300. The molecule has 6 heteroatoms. The highest BCUT2D eigenvalue weighted by Crippen LogP contribution is 2.25. The smallest absolute Gasteiger partial charge is 0.345 e. The zero-order valence-electron chi connectivity index (χ0n) is 14.9. The summed E-state index contributed by atoms with van der Waals surface area (Å²) in [5, 5.41) is 4.30. The predicted octanol–water partition coefficient (Wildman–Crippen LogP) is 2.66. The molecule has 0 aliphatic carbocycles. The van der Waals surface area contributed by atoms with Crippen LogP contribution in [-0.2, 0) is 0 Å². The summed E-state index contributed by atoms with van der Waals surface area (Å²) in [6, 6.07) is 13.6. The number of aromatic nitrogens is 1. The van der Waals surface area contributed by atoms with E-state index in [0.717, 1.165) is 30.7 Å². The van der Waals surface area contributed by atoms with Gasteiger partial charge in [-0.05, 0) is 31.2 Å². The summed E-state index contributed by atoms with van der Waals surface area (Å²) in [6.07, 6.45) is 0. The van der Waals surface area contributed by atoms with Crippen molar-refractivity contribution < 1.29 is 9.15 Å². The Kier molecular flexibility index (Phi) is 4.34. The topological polar surface area (TPSA) is 67.6 Å². The molecule has 3 aromatic rings. The van der Waals surface area contributed by atoms with Crippen molar-refractivity contribution in [1.29, 1.82) is 0 Å². The largest absolute Gasteiger partial charge is 0.481 e. The number of nitrogens with one attached hydrogen (secondary N) is 1. The number of hydrogen-bond donors (Lipinski definition) is 1. The average Bonchev–Trinajstić information content (AvgIpc) is 2.67. The zero-order valence-corrected chi connectivity index (χ0v) is 14.9. The number of benzene rings is 1. The lowest BCUT2D eigenvalue weighted by Crippen LogP contribution is -2.49. The van der Waals surface area contributed by atoms with Crippen LogP contribution in [0.3, 0.4) is 0 Å². The maximum Gasteiger partial charge on any atom is 0.345 e. The summed E-state index contributed by atoms with van der Waals surface area (Å²) in [4.78, 5) is 19.1. The molecule has 0 saturated carbocycles. The second kappa shape index (κ2) is 6.80. The molecule has 26 heavy (non-hydrogen) atoms. The molecule has 1 aliphatic rings. The minimum absolute atomic E-state index is 0.399. The molecule has 1 saturated heterocycles. The molecule has 1 N–H and O–H groups in total. The zero-order chi connectivity index (χ0) is 18.1. The van der Waals surface area contributed by atoms with Crippen LogP contribution in [0, 0.1) is 0 Å². The van der Waals surface area contributed by atoms with E-state index in [-0.39, 0.29) is 0 Å². The fourth-order valence-corrected chi connectivity index (χ4v) is 3.32. The summed E-state index contributed by atoms with van der Waals surface area (Å²) in [7, 11) is 1.55. The van der Waals surface area contributed by atoms with E-state index in [1.807, 2.05) is 18.2 Å². The van der Waals surface area contributed by atoms with Gasteiger partial charge in [0.25, 0.3) is 0 Å². The van der Waals surface area contributed by atoms with E-state index in [2.05, 4.69) is 28.2 Å². The number of fused-ring (bicyclic) bond motifs is 1. The van der Waals surface area contributed by atoms with E-state index >= 15 is 0 Å². The first-order valence-electron chi connectivity index (χ1n) is 8.72.